The molecule has 1 saturated heterocycles. The fourth-order valence-corrected chi connectivity index (χ4v) is 3.31. The molecule has 2 N–H and O–H groups in total. The summed E-state index contributed by atoms with van der Waals surface area (Å²) in [6, 6.07) is 7.53. The van der Waals surface area contributed by atoms with Crippen LogP contribution >= 0.6 is 0 Å². The molecule has 1 aliphatic heterocycles. The zero-order chi connectivity index (χ0) is 17.1. The van der Waals surface area contributed by atoms with Crippen molar-refractivity contribution < 1.29 is 9.59 Å². The van der Waals surface area contributed by atoms with Crippen molar-refractivity contribution in [1.82, 2.24) is 10.2 Å². The average molecular weight is 329 g/mol. The number of amides is 2. The van der Waals surface area contributed by atoms with Crippen LogP contribution in [0.4, 0.5) is 5.69 Å². The molecule has 0 spiro atoms. The van der Waals surface area contributed by atoms with Gasteiger partial charge < -0.3 is 10.6 Å². The van der Waals surface area contributed by atoms with E-state index in [0.29, 0.717) is 29.8 Å². The minimum Gasteiger partial charge on any atom is -0.350 e. The van der Waals surface area contributed by atoms with Gasteiger partial charge in [-0.3, -0.25) is 14.5 Å². The van der Waals surface area contributed by atoms with Crippen molar-refractivity contribution in [3.05, 3.63) is 29.8 Å². The van der Waals surface area contributed by atoms with Gasteiger partial charge in [0.1, 0.15) is 0 Å². The number of likely N-dealkylation sites (tertiary alicyclic amines) is 1. The number of carbonyl (C=O) groups excluding carboxylic acids is 2. The van der Waals surface area contributed by atoms with E-state index in [0.717, 1.165) is 19.5 Å². The van der Waals surface area contributed by atoms with Crippen LogP contribution in [0.15, 0.2) is 24.3 Å². The number of benzene rings is 1. The Kier molecular flexibility index (Phi) is 5.19. The molecule has 0 aromatic heterocycles. The number of hydrogen-bond donors (Lipinski definition) is 2. The van der Waals surface area contributed by atoms with Crippen LogP contribution in [0.1, 0.15) is 43.5 Å². The molecule has 2 fully saturated rings. The second-order valence-corrected chi connectivity index (χ2v) is 7.19. The van der Waals surface area contributed by atoms with E-state index in [1.54, 1.807) is 12.1 Å². The van der Waals surface area contributed by atoms with E-state index in [1.165, 1.54) is 12.8 Å². The Morgan fingerprint density at radius 1 is 1.29 bits per heavy atom. The van der Waals surface area contributed by atoms with Gasteiger partial charge in [0.05, 0.1) is 0 Å². The minimum atomic E-state index is -0.0862. The maximum Gasteiger partial charge on any atom is 0.251 e. The second kappa shape index (κ2) is 7.34. The average Bonchev–Trinajstić information content (AvgIpc) is 3.08. The Morgan fingerprint density at radius 3 is 2.67 bits per heavy atom. The Bertz CT molecular complexity index is 610. The topological polar surface area (TPSA) is 61.4 Å². The van der Waals surface area contributed by atoms with Crippen LogP contribution in [-0.2, 0) is 4.79 Å². The summed E-state index contributed by atoms with van der Waals surface area (Å²) in [7, 11) is 0. The zero-order valence-corrected chi connectivity index (χ0v) is 14.5. The highest BCUT2D eigenvalue weighted by atomic mass is 16.2. The number of nitrogens with one attached hydrogen (secondary N) is 2. The molecule has 1 aromatic carbocycles. The van der Waals surface area contributed by atoms with Gasteiger partial charge in [0.2, 0.25) is 5.91 Å². The highest BCUT2D eigenvalue weighted by Crippen LogP contribution is 2.38. The fraction of sp³-hybridized carbons (Fsp3) is 0.579. The third kappa shape index (κ3) is 4.15. The molecule has 1 saturated carbocycles. The summed E-state index contributed by atoms with van der Waals surface area (Å²) in [4.78, 5) is 26.8. The molecule has 0 radical (unpaired) electrons. The van der Waals surface area contributed by atoms with Gasteiger partial charge in [-0.15, -0.1) is 0 Å². The van der Waals surface area contributed by atoms with Crippen LogP contribution in [0, 0.1) is 11.8 Å². The summed E-state index contributed by atoms with van der Waals surface area (Å²) in [5.74, 6) is 0.576. The molecule has 130 valence electrons. The van der Waals surface area contributed by atoms with E-state index in [9.17, 15) is 9.59 Å². The van der Waals surface area contributed by atoms with Crippen LogP contribution in [0.25, 0.3) is 0 Å². The molecule has 24 heavy (non-hydrogen) atoms. The molecule has 5 nitrogen and oxygen atoms in total. The summed E-state index contributed by atoms with van der Waals surface area (Å²) in [6.45, 7) is 7.12. The normalized spacial score (nSPS) is 24.4. The molecule has 1 heterocycles. The quantitative estimate of drug-likeness (QED) is 0.843. The first-order chi connectivity index (χ1) is 11.5. The number of hydrogen-bond acceptors (Lipinski definition) is 3. The van der Waals surface area contributed by atoms with Gasteiger partial charge in [-0.2, -0.15) is 0 Å². The van der Waals surface area contributed by atoms with E-state index < -0.39 is 0 Å². The monoisotopic (exact) mass is 329 g/mol. The first-order valence-corrected chi connectivity index (χ1v) is 8.98. The van der Waals surface area contributed by atoms with Gasteiger partial charge >= 0.3 is 0 Å². The van der Waals surface area contributed by atoms with Crippen LogP contribution in [0.2, 0.25) is 0 Å². The van der Waals surface area contributed by atoms with Gasteiger partial charge in [0, 0.05) is 29.8 Å². The number of anilines is 1. The van der Waals surface area contributed by atoms with Crippen molar-refractivity contribution in [3.8, 4) is 0 Å². The number of nitrogens with zero attached hydrogens (tertiary/aromatic N) is 1. The van der Waals surface area contributed by atoms with Crippen molar-refractivity contribution in [1.29, 1.82) is 0 Å². The highest BCUT2D eigenvalue weighted by molar-refractivity contribution is 5.98. The molecular weight excluding hydrogens is 302 g/mol. The molecule has 3 rings (SSSR count). The molecule has 1 aliphatic carbocycles. The molecule has 5 heteroatoms. The maximum absolute atomic E-state index is 12.4. The summed E-state index contributed by atoms with van der Waals surface area (Å²) >= 11 is 0. The van der Waals surface area contributed by atoms with E-state index >= 15 is 0 Å². The summed E-state index contributed by atoms with van der Waals surface area (Å²) in [5, 5.41) is 5.92. The summed E-state index contributed by atoms with van der Waals surface area (Å²) < 4.78 is 0. The van der Waals surface area contributed by atoms with Crippen LogP contribution in [0.3, 0.4) is 0 Å². The first-order valence-electron chi connectivity index (χ1n) is 8.98. The lowest BCUT2D eigenvalue weighted by Crippen LogP contribution is -2.40. The molecular formula is C19H27N3O2. The third-order valence-corrected chi connectivity index (χ3v) is 5.16. The van der Waals surface area contributed by atoms with Crippen molar-refractivity contribution in [2.75, 3.05) is 25.0 Å². The Labute approximate surface area is 143 Å². The lowest BCUT2D eigenvalue weighted by Gasteiger charge is -2.23. The summed E-state index contributed by atoms with van der Waals surface area (Å²) in [6.07, 6.45) is 3.46. The first kappa shape index (κ1) is 17.0. The molecule has 0 bridgehead atoms. The van der Waals surface area contributed by atoms with Crippen molar-refractivity contribution in [2.45, 2.75) is 39.2 Å². The van der Waals surface area contributed by atoms with E-state index in [-0.39, 0.29) is 17.7 Å². The second-order valence-electron chi connectivity index (χ2n) is 7.19. The Balaban J connectivity index is 1.52. The Morgan fingerprint density at radius 2 is 2.00 bits per heavy atom. The van der Waals surface area contributed by atoms with Gasteiger partial charge in [-0.1, -0.05) is 13.0 Å². The van der Waals surface area contributed by atoms with Gasteiger partial charge in [0.15, 0.2) is 0 Å². The van der Waals surface area contributed by atoms with Crippen LogP contribution in [-0.4, -0.2) is 42.4 Å². The molecule has 0 unspecified atom stereocenters. The molecule has 1 aromatic rings. The predicted octanol–water partition coefficient (Wildman–Crippen LogP) is 2.50. The van der Waals surface area contributed by atoms with Crippen molar-refractivity contribution >= 4 is 17.5 Å². The smallest absolute Gasteiger partial charge is 0.251 e. The van der Waals surface area contributed by atoms with Gasteiger partial charge in [-0.25, -0.2) is 0 Å². The van der Waals surface area contributed by atoms with E-state index in [1.807, 2.05) is 12.1 Å². The lowest BCUT2D eigenvalue weighted by atomic mass is 10.1. The number of carbonyl (C=O) groups is 2. The Hall–Kier alpha value is -1.88. The molecule has 2 aliphatic rings. The van der Waals surface area contributed by atoms with Crippen LogP contribution in [0.5, 0.6) is 0 Å². The molecule has 3 atom stereocenters. The van der Waals surface area contributed by atoms with Gasteiger partial charge in [0.25, 0.3) is 5.91 Å². The number of rotatable bonds is 6. The largest absolute Gasteiger partial charge is 0.350 e. The highest BCUT2D eigenvalue weighted by Gasteiger charge is 2.39. The SMILES string of the molecule is C[C@@H]1C[C@H]1C(=O)Nc1cccc(C(=O)NC[C@H](C)N2CCCC2)c1. The zero-order valence-electron chi connectivity index (χ0n) is 14.5. The van der Waals surface area contributed by atoms with E-state index in [4.69, 9.17) is 0 Å². The van der Waals surface area contributed by atoms with Crippen molar-refractivity contribution in [3.63, 3.8) is 0 Å². The standard InChI is InChI=1S/C19H27N3O2/c1-13-10-17(13)19(24)21-16-7-5-6-15(11-16)18(23)20-12-14(2)22-8-3-4-9-22/h5-7,11,13-14,17H,3-4,8-10,12H2,1-2H3,(H,20,23)(H,21,24)/t13-,14+,17-/m1/s1. The van der Waals surface area contributed by atoms with E-state index in [2.05, 4.69) is 29.4 Å². The fourth-order valence-electron chi connectivity index (χ4n) is 3.31. The van der Waals surface area contributed by atoms with Crippen LogP contribution < -0.4 is 10.6 Å². The van der Waals surface area contributed by atoms with Gasteiger partial charge in [-0.05, 0) is 63.4 Å². The minimum absolute atomic E-state index is 0.0581. The molecule has 2 amide bonds. The predicted molar refractivity (Wildman–Crippen MR) is 94.9 cm³/mol. The third-order valence-electron chi connectivity index (χ3n) is 5.16. The summed E-state index contributed by atoms with van der Waals surface area (Å²) in [5.41, 5.74) is 1.28. The van der Waals surface area contributed by atoms with Crippen molar-refractivity contribution in [2.24, 2.45) is 11.8 Å². The maximum atomic E-state index is 12.4. The lowest BCUT2D eigenvalue weighted by molar-refractivity contribution is -0.117.